The van der Waals surface area contributed by atoms with Crippen molar-refractivity contribution >= 4 is 5.52 Å². The minimum absolute atomic E-state index is 0.344. The summed E-state index contributed by atoms with van der Waals surface area (Å²) in [5.41, 5.74) is 3.18. The second-order valence-corrected chi connectivity index (χ2v) is 4.93. The van der Waals surface area contributed by atoms with Crippen molar-refractivity contribution < 1.29 is 4.74 Å². The van der Waals surface area contributed by atoms with Gasteiger partial charge in [-0.1, -0.05) is 24.3 Å². The summed E-state index contributed by atoms with van der Waals surface area (Å²) in [5, 5.41) is 0. The lowest BCUT2D eigenvalue weighted by Crippen LogP contribution is -1.92. The van der Waals surface area contributed by atoms with Crippen LogP contribution >= 0.6 is 0 Å². The third-order valence-corrected chi connectivity index (χ3v) is 3.44. The number of hydrogen-bond acceptors (Lipinski definition) is 3. The average molecular weight is 287 g/mol. The molecule has 0 amide bonds. The van der Waals surface area contributed by atoms with Gasteiger partial charge in [0.15, 0.2) is 0 Å². The van der Waals surface area contributed by atoms with Crippen molar-refractivity contribution in [2.45, 2.75) is 0 Å². The molecule has 0 saturated carbocycles. The Morgan fingerprint density at radius 2 is 1.59 bits per heavy atom. The molecule has 4 nitrogen and oxygen atoms in total. The molecule has 4 heteroatoms. The summed E-state index contributed by atoms with van der Waals surface area (Å²) in [6.07, 6.45) is 7.63. The van der Waals surface area contributed by atoms with Gasteiger partial charge in [-0.15, -0.1) is 0 Å². The number of para-hydroxylation sites is 1. The Kier molecular flexibility index (Phi) is 3.05. The van der Waals surface area contributed by atoms with Crippen LogP contribution in [-0.4, -0.2) is 14.4 Å². The van der Waals surface area contributed by atoms with Crippen LogP contribution < -0.4 is 4.74 Å². The summed E-state index contributed by atoms with van der Waals surface area (Å²) in [6, 6.07) is 18.1. The molecular weight excluding hydrogens is 274 g/mol. The average Bonchev–Trinajstić information content (AvgIpc) is 3.04. The zero-order valence-electron chi connectivity index (χ0n) is 11.8. The van der Waals surface area contributed by atoms with Crippen molar-refractivity contribution in [2.24, 2.45) is 0 Å². The molecule has 106 valence electrons. The molecule has 3 aromatic heterocycles. The normalized spacial score (nSPS) is 10.7. The standard InChI is InChI=1S/C18H13N3O/c1-2-6-17(7-3-1)22-18-19-11-15(12-20-18)14-8-9-16-5-4-10-21(16)13-14/h1-13H. The van der Waals surface area contributed by atoms with Crippen LogP contribution in [0, 0.1) is 0 Å². The minimum atomic E-state index is 0.344. The van der Waals surface area contributed by atoms with Gasteiger partial charge in [-0.25, -0.2) is 9.97 Å². The van der Waals surface area contributed by atoms with Crippen LogP contribution in [0.2, 0.25) is 0 Å². The van der Waals surface area contributed by atoms with Gasteiger partial charge in [0.1, 0.15) is 5.75 Å². The summed E-state index contributed by atoms with van der Waals surface area (Å²) in [5.74, 6) is 0.726. The Morgan fingerprint density at radius 1 is 0.773 bits per heavy atom. The molecule has 0 fully saturated rings. The van der Waals surface area contributed by atoms with E-state index in [0.29, 0.717) is 6.01 Å². The first-order valence-corrected chi connectivity index (χ1v) is 7.00. The molecule has 1 aromatic carbocycles. The summed E-state index contributed by atoms with van der Waals surface area (Å²) in [6.45, 7) is 0. The van der Waals surface area contributed by atoms with E-state index in [0.717, 1.165) is 22.4 Å². The molecule has 0 unspecified atom stereocenters. The lowest BCUT2D eigenvalue weighted by Gasteiger charge is -2.05. The topological polar surface area (TPSA) is 39.4 Å². The highest BCUT2D eigenvalue weighted by Crippen LogP contribution is 2.21. The maximum Gasteiger partial charge on any atom is 0.321 e. The smallest absolute Gasteiger partial charge is 0.321 e. The molecule has 4 aromatic rings. The van der Waals surface area contributed by atoms with Crippen molar-refractivity contribution in [3.8, 4) is 22.9 Å². The number of aromatic nitrogens is 3. The summed E-state index contributed by atoms with van der Waals surface area (Å²) >= 11 is 0. The van der Waals surface area contributed by atoms with Crippen LogP contribution in [0.3, 0.4) is 0 Å². The Bertz CT molecular complexity index is 898. The third kappa shape index (κ3) is 2.42. The Labute approximate surface area is 127 Å². The second kappa shape index (κ2) is 5.33. The van der Waals surface area contributed by atoms with Gasteiger partial charge in [0.25, 0.3) is 0 Å². The van der Waals surface area contributed by atoms with Crippen molar-refractivity contribution in [3.05, 3.63) is 79.4 Å². The molecule has 0 aliphatic carbocycles. The van der Waals surface area contributed by atoms with Crippen molar-refractivity contribution in [3.63, 3.8) is 0 Å². The molecule has 22 heavy (non-hydrogen) atoms. The maximum absolute atomic E-state index is 5.60. The molecule has 0 aliphatic rings. The van der Waals surface area contributed by atoms with Gasteiger partial charge < -0.3 is 9.14 Å². The molecule has 0 aliphatic heterocycles. The van der Waals surface area contributed by atoms with Crippen LogP contribution in [0.5, 0.6) is 11.8 Å². The van der Waals surface area contributed by atoms with Crippen LogP contribution in [0.4, 0.5) is 0 Å². The van der Waals surface area contributed by atoms with Crippen LogP contribution in [0.15, 0.2) is 79.4 Å². The van der Waals surface area contributed by atoms with Gasteiger partial charge in [0.05, 0.1) is 0 Å². The number of hydrogen-bond donors (Lipinski definition) is 0. The van der Waals surface area contributed by atoms with Crippen molar-refractivity contribution in [1.82, 2.24) is 14.4 Å². The van der Waals surface area contributed by atoms with Crippen molar-refractivity contribution in [2.75, 3.05) is 0 Å². The Hall–Kier alpha value is -3.14. The quantitative estimate of drug-likeness (QED) is 0.567. The van der Waals surface area contributed by atoms with Gasteiger partial charge in [0.2, 0.25) is 0 Å². The number of rotatable bonds is 3. The van der Waals surface area contributed by atoms with Gasteiger partial charge in [-0.05, 0) is 30.3 Å². The lowest BCUT2D eigenvalue weighted by molar-refractivity contribution is 0.442. The first kappa shape index (κ1) is 12.6. The predicted molar refractivity (Wildman–Crippen MR) is 84.9 cm³/mol. The summed E-state index contributed by atoms with van der Waals surface area (Å²) in [4.78, 5) is 8.55. The highest BCUT2D eigenvalue weighted by atomic mass is 16.5. The lowest BCUT2D eigenvalue weighted by atomic mass is 10.1. The fourth-order valence-corrected chi connectivity index (χ4v) is 2.32. The van der Waals surface area contributed by atoms with E-state index in [4.69, 9.17) is 4.74 Å². The van der Waals surface area contributed by atoms with E-state index in [1.54, 1.807) is 12.4 Å². The largest absolute Gasteiger partial charge is 0.424 e. The summed E-state index contributed by atoms with van der Waals surface area (Å²) < 4.78 is 7.67. The zero-order chi connectivity index (χ0) is 14.8. The first-order valence-electron chi connectivity index (χ1n) is 7.00. The van der Waals surface area contributed by atoms with Crippen LogP contribution in [0.25, 0.3) is 16.6 Å². The van der Waals surface area contributed by atoms with Gasteiger partial charge >= 0.3 is 6.01 Å². The molecule has 0 atom stereocenters. The third-order valence-electron chi connectivity index (χ3n) is 3.44. The molecular formula is C18H13N3O. The number of ether oxygens (including phenoxy) is 1. The molecule has 0 radical (unpaired) electrons. The van der Waals surface area contributed by atoms with Gasteiger partial charge in [-0.3, -0.25) is 0 Å². The van der Waals surface area contributed by atoms with E-state index in [1.807, 2.05) is 42.6 Å². The van der Waals surface area contributed by atoms with Crippen LogP contribution in [0.1, 0.15) is 0 Å². The molecule has 0 bridgehead atoms. The molecule has 4 rings (SSSR count). The SMILES string of the molecule is c1ccc(Oc2ncc(-c3ccc4cccn4c3)cn2)cc1. The van der Waals surface area contributed by atoms with Gasteiger partial charge in [0, 0.05) is 41.4 Å². The second-order valence-electron chi connectivity index (χ2n) is 4.93. The first-order chi connectivity index (χ1) is 10.9. The van der Waals surface area contributed by atoms with E-state index in [1.165, 1.54) is 0 Å². The van der Waals surface area contributed by atoms with E-state index < -0.39 is 0 Å². The van der Waals surface area contributed by atoms with E-state index in [9.17, 15) is 0 Å². The number of pyridine rings is 1. The maximum atomic E-state index is 5.60. The summed E-state index contributed by atoms with van der Waals surface area (Å²) in [7, 11) is 0. The van der Waals surface area contributed by atoms with E-state index in [-0.39, 0.29) is 0 Å². The van der Waals surface area contributed by atoms with Crippen LogP contribution in [-0.2, 0) is 0 Å². The predicted octanol–water partition coefficient (Wildman–Crippen LogP) is 4.19. The van der Waals surface area contributed by atoms with Crippen molar-refractivity contribution in [1.29, 1.82) is 0 Å². The number of nitrogens with zero attached hydrogens (tertiary/aromatic N) is 3. The van der Waals surface area contributed by atoms with E-state index in [2.05, 4.69) is 38.8 Å². The Morgan fingerprint density at radius 3 is 2.41 bits per heavy atom. The Balaban J connectivity index is 1.61. The monoisotopic (exact) mass is 287 g/mol. The molecule has 0 N–H and O–H groups in total. The number of benzene rings is 1. The fraction of sp³-hybridized carbons (Fsp3) is 0. The minimum Gasteiger partial charge on any atom is -0.424 e. The van der Waals surface area contributed by atoms with E-state index >= 15 is 0 Å². The molecule has 0 spiro atoms. The number of fused-ring (bicyclic) bond motifs is 1. The molecule has 3 heterocycles. The zero-order valence-corrected chi connectivity index (χ0v) is 11.8. The fourth-order valence-electron chi connectivity index (χ4n) is 2.32. The highest BCUT2D eigenvalue weighted by molar-refractivity contribution is 5.64. The molecule has 0 saturated heterocycles. The highest BCUT2D eigenvalue weighted by Gasteiger charge is 2.03. The van der Waals surface area contributed by atoms with Gasteiger partial charge in [-0.2, -0.15) is 0 Å².